The first-order chi connectivity index (χ1) is 10.7. The minimum atomic E-state index is -1.24. The number of unbranched alkanes of at least 4 members (excludes halogenated alkanes) is 13. The van der Waals surface area contributed by atoms with E-state index in [0.717, 1.165) is 12.8 Å². The molecule has 0 amide bonds. The summed E-state index contributed by atoms with van der Waals surface area (Å²) in [6.45, 7) is 2.64. The zero-order chi connectivity index (χ0) is 16.5. The quantitative estimate of drug-likeness (QED) is 0.268. The molecule has 4 N–H and O–H groups in total. The third-order valence-corrected chi connectivity index (χ3v) is 4.65. The van der Waals surface area contributed by atoms with Gasteiger partial charge in [-0.25, -0.2) is 0 Å². The summed E-state index contributed by atoms with van der Waals surface area (Å²) in [4.78, 5) is 0. The van der Waals surface area contributed by atoms with Gasteiger partial charge in [-0.3, -0.25) is 0 Å². The first-order valence-electron chi connectivity index (χ1n) is 9.78. The molecular formula is C19H41NO2. The second-order valence-corrected chi connectivity index (χ2v) is 6.79. The lowest BCUT2D eigenvalue weighted by atomic mass is 9.99. The molecule has 1 atom stereocenters. The van der Waals surface area contributed by atoms with Crippen LogP contribution in [0.4, 0.5) is 0 Å². The lowest BCUT2D eigenvalue weighted by Crippen LogP contribution is -2.27. The molecule has 3 heteroatoms. The molecule has 0 spiro atoms. The summed E-state index contributed by atoms with van der Waals surface area (Å²) in [5.41, 5.74) is 5.51. The third-order valence-electron chi connectivity index (χ3n) is 4.65. The standard InChI is InChI=1S/C19H41NO2/c1-2-3-4-5-6-7-8-9-10-11-12-13-14-15-16-18(17-20)19(21)22/h18-19,21-22H,2-17,20H2,1H3. The number of aliphatic hydroxyl groups is 2. The van der Waals surface area contributed by atoms with E-state index in [9.17, 15) is 0 Å². The highest BCUT2D eigenvalue weighted by Gasteiger charge is 2.13. The fourth-order valence-electron chi connectivity index (χ4n) is 2.99. The zero-order valence-corrected chi connectivity index (χ0v) is 14.9. The normalized spacial score (nSPS) is 13.0. The summed E-state index contributed by atoms with van der Waals surface area (Å²) >= 11 is 0. The van der Waals surface area contributed by atoms with Crippen LogP contribution in [0.1, 0.15) is 103 Å². The van der Waals surface area contributed by atoms with Crippen LogP contribution in [0.25, 0.3) is 0 Å². The molecule has 0 aromatic rings. The van der Waals surface area contributed by atoms with E-state index in [1.165, 1.54) is 83.5 Å². The maximum absolute atomic E-state index is 9.09. The summed E-state index contributed by atoms with van der Waals surface area (Å²) in [7, 11) is 0. The number of rotatable bonds is 17. The Balaban J connectivity index is 3.11. The molecule has 1 unspecified atom stereocenters. The molecule has 0 aliphatic carbocycles. The predicted octanol–water partition coefficient (Wildman–Crippen LogP) is 4.74. The summed E-state index contributed by atoms with van der Waals surface area (Å²) in [5, 5.41) is 18.2. The van der Waals surface area contributed by atoms with E-state index in [0.29, 0.717) is 6.54 Å². The highest BCUT2D eigenvalue weighted by molar-refractivity contribution is 4.61. The molecule has 0 fully saturated rings. The van der Waals surface area contributed by atoms with Gasteiger partial charge in [0.05, 0.1) is 0 Å². The molecule has 0 aliphatic heterocycles. The molecule has 0 aromatic heterocycles. The van der Waals surface area contributed by atoms with Crippen molar-refractivity contribution in [2.45, 2.75) is 110 Å². The fourth-order valence-corrected chi connectivity index (χ4v) is 2.99. The van der Waals surface area contributed by atoms with E-state index in [-0.39, 0.29) is 5.92 Å². The molecule has 0 saturated heterocycles. The SMILES string of the molecule is CCCCCCCCCCCCCCCCC(CN)C(O)O. The van der Waals surface area contributed by atoms with Gasteiger partial charge in [-0.15, -0.1) is 0 Å². The number of hydrogen-bond donors (Lipinski definition) is 3. The minimum Gasteiger partial charge on any atom is -0.368 e. The Morgan fingerprint density at radius 2 is 1.00 bits per heavy atom. The zero-order valence-electron chi connectivity index (χ0n) is 14.9. The largest absolute Gasteiger partial charge is 0.368 e. The molecule has 0 bridgehead atoms. The average Bonchev–Trinajstić information content (AvgIpc) is 2.51. The van der Waals surface area contributed by atoms with E-state index in [1.54, 1.807) is 0 Å². The molecule has 22 heavy (non-hydrogen) atoms. The first-order valence-corrected chi connectivity index (χ1v) is 9.78. The Kier molecular flexibility index (Phi) is 17.1. The van der Waals surface area contributed by atoms with Crippen molar-refractivity contribution in [3.63, 3.8) is 0 Å². The highest BCUT2D eigenvalue weighted by atomic mass is 16.5. The Hall–Kier alpha value is -0.120. The van der Waals surface area contributed by atoms with Crippen molar-refractivity contribution in [3.05, 3.63) is 0 Å². The van der Waals surface area contributed by atoms with Crippen molar-refractivity contribution in [1.29, 1.82) is 0 Å². The van der Waals surface area contributed by atoms with Gasteiger partial charge in [0.2, 0.25) is 0 Å². The van der Waals surface area contributed by atoms with Crippen LogP contribution in [0.15, 0.2) is 0 Å². The van der Waals surface area contributed by atoms with Gasteiger partial charge in [0.1, 0.15) is 0 Å². The maximum atomic E-state index is 9.09. The average molecular weight is 316 g/mol. The van der Waals surface area contributed by atoms with Crippen LogP contribution in [0.2, 0.25) is 0 Å². The third kappa shape index (κ3) is 14.8. The smallest absolute Gasteiger partial charge is 0.155 e. The topological polar surface area (TPSA) is 66.5 Å². The van der Waals surface area contributed by atoms with Gasteiger partial charge in [-0.05, 0) is 13.0 Å². The molecule has 134 valence electrons. The monoisotopic (exact) mass is 315 g/mol. The summed E-state index contributed by atoms with van der Waals surface area (Å²) in [5.74, 6) is -0.141. The van der Waals surface area contributed by atoms with E-state index in [2.05, 4.69) is 6.92 Å². The number of nitrogens with two attached hydrogens (primary N) is 1. The van der Waals surface area contributed by atoms with Crippen LogP contribution >= 0.6 is 0 Å². The summed E-state index contributed by atoms with van der Waals surface area (Å²) in [6.07, 6.45) is 18.5. The molecule has 0 aromatic carbocycles. The molecule has 3 nitrogen and oxygen atoms in total. The van der Waals surface area contributed by atoms with Crippen LogP contribution < -0.4 is 5.73 Å². The van der Waals surface area contributed by atoms with E-state index in [4.69, 9.17) is 15.9 Å². The first kappa shape index (κ1) is 21.9. The van der Waals surface area contributed by atoms with E-state index < -0.39 is 6.29 Å². The Morgan fingerprint density at radius 3 is 1.32 bits per heavy atom. The van der Waals surface area contributed by atoms with Crippen LogP contribution in [-0.4, -0.2) is 23.0 Å². The lowest BCUT2D eigenvalue weighted by Gasteiger charge is -2.16. The Labute approximate surface area is 138 Å². The fraction of sp³-hybridized carbons (Fsp3) is 1.00. The van der Waals surface area contributed by atoms with Gasteiger partial charge >= 0.3 is 0 Å². The lowest BCUT2D eigenvalue weighted by molar-refractivity contribution is -0.0833. The van der Waals surface area contributed by atoms with Gasteiger partial charge in [-0.2, -0.15) is 0 Å². The van der Waals surface area contributed by atoms with Crippen molar-refractivity contribution in [3.8, 4) is 0 Å². The van der Waals surface area contributed by atoms with Gasteiger partial charge < -0.3 is 15.9 Å². The molecule has 0 heterocycles. The number of aliphatic hydroxyl groups excluding tert-OH is 1. The van der Waals surface area contributed by atoms with Gasteiger partial charge in [-0.1, -0.05) is 96.8 Å². The Morgan fingerprint density at radius 1 is 0.636 bits per heavy atom. The maximum Gasteiger partial charge on any atom is 0.155 e. The molecule has 0 saturated carbocycles. The van der Waals surface area contributed by atoms with Crippen LogP contribution in [0.3, 0.4) is 0 Å². The van der Waals surface area contributed by atoms with Gasteiger partial charge in [0, 0.05) is 5.92 Å². The van der Waals surface area contributed by atoms with Crippen LogP contribution in [-0.2, 0) is 0 Å². The van der Waals surface area contributed by atoms with Crippen molar-refractivity contribution in [2.24, 2.45) is 11.7 Å². The second-order valence-electron chi connectivity index (χ2n) is 6.79. The number of hydrogen-bond acceptors (Lipinski definition) is 3. The van der Waals surface area contributed by atoms with E-state index in [1.807, 2.05) is 0 Å². The molecule has 0 aliphatic rings. The van der Waals surface area contributed by atoms with Crippen LogP contribution in [0.5, 0.6) is 0 Å². The van der Waals surface area contributed by atoms with Crippen molar-refractivity contribution < 1.29 is 10.2 Å². The predicted molar refractivity (Wildman–Crippen MR) is 95.7 cm³/mol. The molecular weight excluding hydrogens is 274 g/mol. The van der Waals surface area contributed by atoms with Gasteiger partial charge in [0.15, 0.2) is 6.29 Å². The van der Waals surface area contributed by atoms with E-state index >= 15 is 0 Å². The second kappa shape index (κ2) is 17.2. The highest BCUT2D eigenvalue weighted by Crippen LogP contribution is 2.15. The Bertz CT molecular complexity index is 210. The van der Waals surface area contributed by atoms with Crippen molar-refractivity contribution >= 4 is 0 Å². The molecule has 0 rings (SSSR count). The van der Waals surface area contributed by atoms with Gasteiger partial charge in [0.25, 0.3) is 0 Å². The van der Waals surface area contributed by atoms with Crippen molar-refractivity contribution in [2.75, 3.05) is 6.54 Å². The molecule has 0 radical (unpaired) electrons. The summed E-state index contributed by atoms with van der Waals surface area (Å²) < 4.78 is 0. The van der Waals surface area contributed by atoms with Crippen LogP contribution in [0, 0.1) is 5.92 Å². The minimum absolute atomic E-state index is 0.141. The van der Waals surface area contributed by atoms with Crippen molar-refractivity contribution in [1.82, 2.24) is 0 Å². The summed E-state index contributed by atoms with van der Waals surface area (Å²) in [6, 6.07) is 0.